The number of thiazole rings is 2. The van der Waals surface area contributed by atoms with Crippen molar-refractivity contribution in [3.05, 3.63) is 38.5 Å². The lowest BCUT2D eigenvalue weighted by molar-refractivity contribution is 0.103. The van der Waals surface area contributed by atoms with Crippen molar-refractivity contribution in [2.45, 2.75) is 6.92 Å². The molecule has 4 rings (SSSR count). The molecule has 0 fully saturated rings. The van der Waals surface area contributed by atoms with Crippen molar-refractivity contribution < 1.29 is 4.79 Å². The van der Waals surface area contributed by atoms with E-state index in [1.54, 1.807) is 23.5 Å². The number of anilines is 1. The number of benzene rings is 1. The van der Waals surface area contributed by atoms with Crippen molar-refractivity contribution in [3.63, 3.8) is 0 Å². The molecule has 1 aromatic carbocycles. The van der Waals surface area contributed by atoms with Crippen LogP contribution in [-0.4, -0.2) is 15.9 Å². The zero-order valence-corrected chi connectivity index (χ0v) is 14.4. The molecule has 0 saturated carbocycles. The number of thiophene rings is 1. The highest BCUT2D eigenvalue weighted by molar-refractivity contribution is 7.24. The second-order valence-electron chi connectivity index (χ2n) is 4.57. The number of nitrogens with one attached hydrogen (secondary N) is 1. The Hall–Kier alpha value is -1.54. The number of aryl methyl sites for hydroxylation is 1. The zero-order valence-electron chi connectivity index (χ0n) is 11.2. The van der Waals surface area contributed by atoms with E-state index in [1.165, 1.54) is 22.7 Å². The quantitative estimate of drug-likeness (QED) is 0.532. The van der Waals surface area contributed by atoms with Gasteiger partial charge in [0, 0.05) is 0 Å². The fourth-order valence-corrected chi connectivity index (χ4v) is 4.93. The number of amides is 1. The van der Waals surface area contributed by atoms with Crippen molar-refractivity contribution in [3.8, 4) is 0 Å². The topological polar surface area (TPSA) is 54.9 Å². The summed E-state index contributed by atoms with van der Waals surface area (Å²) in [7, 11) is 0. The smallest absolute Gasteiger partial charge is 0.267 e. The van der Waals surface area contributed by atoms with Gasteiger partial charge in [-0.2, -0.15) is 0 Å². The Morgan fingerprint density at radius 1 is 1.14 bits per heavy atom. The van der Waals surface area contributed by atoms with Crippen LogP contribution in [-0.2, 0) is 0 Å². The van der Waals surface area contributed by atoms with Crippen molar-refractivity contribution in [2.24, 2.45) is 0 Å². The first kappa shape index (κ1) is 14.1. The van der Waals surface area contributed by atoms with Crippen LogP contribution in [0.25, 0.3) is 20.4 Å². The monoisotopic (exact) mass is 365 g/mol. The lowest BCUT2D eigenvalue weighted by atomic mass is 10.3. The predicted molar refractivity (Wildman–Crippen MR) is 94.8 cm³/mol. The lowest BCUT2D eigenvalue weighted by Crippen LogP contribution is -2.09. The average Bonchev–Trinajstić information content (AvgIpc) is 3.15. The van der Waals surface area contributed by atoms with Crippen LogP contribution in [0, 0.1) is 6.92 Å². The van der Waals surface area contributed by atoms with Crippen molar-refractivity contribution in [2.75, 3.05) is 5.32 Å². The van der Waals surface area contributed by atoms with E-state index in [0.29, 0.717) is 14.3 Å². The van der Waals surface area contributed by atoms with E-state index in [1.807, 2.05) is 19.1 Å². The van der Waals surface area contributed by atoms with Crippen LogP contribution >= 0.6 is 45.6 Å². The first-order chi connectivity index (χ1) is 10.6. The highest BCUT2D eigenvalue weighted by atomic mass is 35.5. The molecule has 0 aliphatic carbocycles. The number of nitrogens with zero attached hydrogens (tertiary/aromatic N) is 2. The maximum absolute atomic E-state index is 12.2. The van der Waals surface area contributed by atoms with Gasteiger partial charge in [0.1, 0.15) is 5.52 Å². The van der Waals surface area contributed by atoms with E-state index in [4.69, 9.17) is 11.6 Å². The number of aromatic nitrogens is 2. The molecule has 4 nitrogen and oxygen atoms in total. The summed E-state index contributed by atoms with van der Waals surface area (Å²) in [5, 5.41) is 4.42. The number of halogens is 1. The summed E-state index contributed by atoms with van der Waals surface area (Å²) in [6.45, 7) is 1.99. The van der Waals surface area contributed by atoms with Crippen LogP contribution in [0.2, 0.25) is 4.34 Å². The molecule has 0 aliphatic rings. The van der Waals surface area contributed by atoms with Gasteiger partial charge >= 0.3 is 0 Å². The standard InChI is InChI=1S/C14H8ClN3OS3/c1-6-16-11-8(20-6)3-2-7-12(11)22-14(17-7)18-13(19)9-4-5-10(15)21-9/h2-5H,1H3,(H,17,18,19). The normalized spacial score (nSPS) is 11.4. The highest BCUT2D eigenvalue weighted by Gasteiger charge is 2.14. The summed E-state index contributed by atoms with van der Waals surface area (Å²) in [5.41, 5.74) is 1.81. The van der Waals surface area contributed by atoms with Crippen LogP contribution < -0.4 is 5.32 Å². The third-order valence-electron chi connectivity index (χ3n) is 3.04. The minimum absolute atomic E-state index is 0.193. The minimum Gasteiger partial charge on any atom is -0.297 e. The van der Waals surface area contributed by atoms with E-state index in [0.717, 1.165) is 25.4 Å². The maximum Gasteiger partial charge on any atom is 0.267 e. The van der Waals surface area contributed by atoms with E-state index >= 15 is 0 Å². The summed E-state index contributed by atoms with van der Waals surface area (Å²) in [5.74, 6) is -0.193. The molecule has 3 aromatic heterocycles. The molecule has 3 heterocycles. The van der Waals surface area contributed by atoms with Gasteiger partial charge in [-0.05, 0) is 31.2 Å². The van der Waals surface area contributed by atoms with Gasteiger partial charge in [-0.1, -0.05) is 22.9 Å². The Morgan fingerprint density at radius 3 is 2.77 bits per heavy atom. The molecular weight excluding hydrogens is 358 g/mol. The molecule has 0 spiro atoms. The zero-order chi connectivity index (χ0) is 15.3. The third-order valence-corrected chi connectivity index (χ3v) is 6.20. The summed E-state index contributed by atoms with van der Waals surface area (Å²) in [4.78, 5) is 21.8. The largest absolute Gasteiger partial charge is 0.297 e. The first-order valence-electron chi connectivity index (χ1n) is 6.33. The van der Waals surface area contributed by atoms with Gasteiger partial charge in [-0.15, -0.1) is 22.7 Å². The molecule has 4 aromatic rings. The summed E-state index contributed by atoms with van der Waals surface area (Å²) in [6.07, 6.45) is 0. The second kappa shape index (κ2) is 5.27. The van der Waals surface area contributed by atoms with E-state index in [2.05, 4.69) is 15.3 Å². The van der Waals surface area contributed by atoms with Crippen molar-refractivity contribution in [1.82, 2.24) is 9.97 Å². The predicted octanol–water partition coefficient (Wildman–Crippen LogP) is 5.18. The lowest BCUT2D eigenvalue weighted by Gasteiger charge is -1.96. The number of hydrogen-bond donors (Lipinski definition) is 1. The van der Waals surface area contributed by atoms with Crippen molar-refractivity contribution >= 4 is 77.1 Å². The Balaban J connectivity index is 1.73. The highest BCUT2D eigenvalue weighted by Crippen LogP contribution is 2.35. The molecule has 1 N–H and O–H groups in total. The second-order valence-corrected chi connectivity index (χ2v) is 8.52. The molecule has 0 unspecified atom stereocenters. The van der Waals surface area contributed by atoms with Crippen LogP contribution in [0.5, 0.6) is 0 Å². The molecule has 1 amide bonds. The number of carbonyl (C=O) groups excluding carboxylic acids is 1. The van der Waals surface area contributed by atoms with Gasteiger partial charge in [0.05, 0.1) is 29.1 Å². The van der Waals surface area contributed by atoms with Gasteiger partial charge in [0.25, 0.3) is 5.91 Å². The van der Waals surface area contributed by atoms with Gasteiger partial charge < -0.3 is 0 Å². The fraction of sp³-hybridized carbons (Fsp3) is 0.0714. The molecule has 0 aliphatic heterocycles. The van der Waals surface area contributed by atoms with Gasteiger partial charge in [0.15, 0.2) is 5.13 Å². The number of hydrogen-bond acceptors (Lipinski definition) is 6. The van der Waals surface area contributed by atoms with Crippen LogP contribution in [0.1, 0.15) is 14.7 Å². The van der Waals surface area contributed by atoms with E-state index in [-0.39, 0.29) is 5.91 Å². The van der Waals surface area contributed by atoms with Crippen molar-refractivity contribution in [1.29, 1.82) is 0 Å². The Bertz CT molecular complexity index is 1020. The first-order valence-corrected chi connectivity index (χ1v) is 9.16. The van der Waals surface area contributed by atoms with Gasteiger partial charge in [-0.3, -0.25) is 10.1 Å². The van der Waals surface area contributed by atoms with E-state index in [9.17, 15) is 4.79 Å². The summed E-state index contributed by atoms with van der Waals surface area (Å²) < 4.78 is 2.73. The Morgan fingerprint density at radius 2 is 2.00 bits per heavy atom. The molecular formula is C14H8ClN3OS3. The molecule has 110 valence electrons. The average molecular weight is 366 g/mol. The summed E-state index contributed by atoms with van der Waals surface area (Å²) in [6, 6.07) is 7.40. The van der Waals surface area contributed by atoms with Crippen LogP contribution in [0.3, 0.4) is 0 Å². The number of fused-ring (bicyclic) bond motifs is 3. The number of rotatable bonds is 2. The molecule has 0 saturated heterocycles. The van der Waals surface area contributed by atoms with Gasteiger partial charge in [-0.25, -0.2) is 9.97 Å². The third kappa shape index (κ3) is 2.40. The van der Waals surface area contributed by atoms with E-state index < -0.39 is 0 Å². The van der Waals surface area contributed by atoms with Gasteiger partial charge in [0.2, 0.25) is 0 Å². The molecule has 0 atom stereocenters. The number of carbonyl (C=O) groups is 1. The van der Waals surface area contributed by atoms with Crippen LogP contribution in [0.15, 0.2) is 24.3 Å². The maximum atomic E-state index is 12.2. The molecule has 22 heavy (non-hydrogen) atoms. The SMILES string of the molecule is Cc1nc2c(ccc3nc(NC(=O)c4ccc(Cl)s4)sc32)s1. The summed E-state index contributed by atoms with van der Waals surface area (Å²) >= 11 is 10.2. The molecule has 8 heteroatoms. The minimum atomic E-state index is -0.193. The Labute approximate surface area is 142 Å². The molecule has 0 radical (unpaired) electrons. The fourth-order valence-electron chi connectivity index (χ4n) is 2.14. The Kier molecular flexibility index (Phi) is 3.37. The molecule has 0 bridgehead atoms. The van der Waals surface area contributed by atoms with Crippen LogP contribution in [0.4, 0.5) is 5.13 Å².